The number of hydrogen-bond acceptors (Lipinski definition) is 5. The highest BCUT2D eigenvalue weighted by molar-refractivity contribution is 7.87. The summed E-state index contributed by atoms with van der Waals surface area (Å²) in [6.45, 7) is 4.55. The quantitative estimate of drug-likeness (QED) is 0.575. The Morgan fingerprint density at radius 2 is 1.85 bits per heavy atom. The van der Waals surface area contributed by atoms with Crippen LogP contribution >= 0.6 is 0 Å². The van der Waals surface area contributed by atoms with Crippen LogP contribution in [0.1, 0.15) is 11.7 Å². The molecule has 6 nitrogen and oxygen atoms in total. The second-order valence-electron chi connectivity index (χ2n) is 5.81. The molecule has 0 N–H and O–H groups in total. The molecule has 7 heteroatoms. The Morgan fingerprint density at radius 3 is 2.50 bits per heavy atom. The van der Waals surface area contributed by atoms with Gasteiger partial charge in [-0.15, -0.1) is 6.58 Å². The molecular weight excluding hydrogens is 354 g/mol. The summed E-state index contributed by atoms with van der Waals surface area (Å²) in [6.07, 6.45) is 1.40. The van der Waals surface area contributed by atoms with Gasteiger partial charge >= 0.3 is 10.1 Å². The molecule has 0 unspecified atom stereocenters. The van der Waals surface area contributed by atoms with E-state index in [-0.39, 0.29) is 29.3 Å². The Bertz CT molecular complexity index is 878. The fourth-order valence-electron chi connectivity index (χ4n) is 2.65. The zero-order valence-electron chi connectivity index (χ0n) is 14.1. The maximum atomic E-state index is 12.2. The molecule has 3 rings (SSSR count). The van der Waals surface area contributed by atoms with E-state index in [2.05, 4.69) is 6.58 Å². The van der Waals surface area contributed by atoms with Gasteiger partial charge in [-0.1, -0.05) is 36.4 Å². The van der Waals surface area contributed by atoms with Crippen LogP contribution in [0.25, 0.3) is 0 Å². The summed E-state index contributed by atoms with van der Waals surface area (Å²) in [4.78, 5) is 13.5. The van der Waals surface area contributed by atoms with Crippen LogP contribution in [0, 0.1) is 0 Å². The Hall–Kier alpha value is -2.64. The molecule has 136 valence electrons. The molecule has 1 atom stereocenters. The first-order chi connectivity index (χ1) is 12.5. The lowest BCUT2D eigenvalue weighted by atomic mass is 10.1. The number of amides is 1. The number of nitrogens with zero attached hydrogens (tertiary/aromatic N) is 1. The van der Waals surface area contributed by atoms with Gasteiger partial charge in [0.1, 0.15) is 23.4 Å². The molecule has 26 heavy (non-hydrogen) atoms. The predicted molar refractivity (Wildman–Crippen MR) is 96.2 cm³/mol. The standard InChI is InChI=1S/C19H19NO5S/c1-2-12-20-13-18(24-14-19(20)21)15-8-10-16(11-9-15)25-26(22,23)17-6-4-3-5-7-17/h2-11,18H,1,12-14H2/t18-/m1/s1. The molecule has 0 aromatic heterocycles. The topological polar surface area (TPSA) is 72.9 Å². The average molecular weight is 373 g/mol. The van der Waals surface area contributed by atoms with E-state index in [9.17, 15) is 13.2 Å². The monoisotopic (exact) mass is 373 g/mol. The van der Waals surface area contributed by atoms with Crippen molar-refractivity contribution in [2.45, 2.75) is 11.0 Å². The smallest absolute Gasteiger partial charge is 0.339 e. The molecule has 1 aliphatic heterocycles. The fourth-order valence-corrected chi connectivity index (χ4v) is 3.60. The molecule has 1 heterocycles. The zero-order valence-corrected chi connectivity index (χ0v) is 14.9. The first kappa shape index (κ1) is 18.2. The number of morpholine rings is 1. The number of hydrogen-bond donors (Lipinski definition) is 0. The van der Waals surface area contributed by atoms with Gasteiger partial charge in [0.05, 0.1) is 6.54 Å². The van der Waals surface area contributed by atoms with Gasteiger partial charge in [-0.3, -0.25) is 4.79 Å². The summed E-state index contributed by atoms with van der Waals surface area (Å²) < 4.78 is 35.2. The fraction of sp³-hybridized carbons (Fsp3) is 0.211. The number of carbonyl (C=O) groups is 1. The number of carbonyl (C=O) groups excluding carboxylic acids is 1. The van der Waals surface area contributed by atoms with E-state index in [1.54, 1.807) is 53.4 Å². The lowest BCUT2D eigenvalue weighted by molar-refractivity contribution is -0.148. The van der Waals surface area contributed by atoms with Crippen LogP contribution in [0.3, 0.4) is 0 Å². The van der Waals surface area contributed by atoms with E-state index in [1.165, 1.54) is 12.1 Å². The van der Waals surface area contributed by atoms with Crippen LogP contribution in [-0.2, 0) is 19.6 Å². The van der Waals surface area contributed by atoms with Crippen molar-refractivity contribution in [2.24, 2.45) is 0 Å². The average Bonchev–Trinajstić information content (AvgIpc) is 2.65. The third-order valence-electron chi connectivity index (χ3n) is 3.99. The third kappa shape index (κ3) is 4.12. The number of benzene rings is 2. The number of ether oxygens (including phenoxy) is 1. The summed E-state index contributed by atoms with van der Waals surface area (Å²) in [7, 11) is -3.87. The lowest BCUT2D eigenvalue weighted by Crippen LogP contribution is -2.43. The number of rotatable bonds is 6. The van der Waals surface area contributed by atoms with Crippen molar-refractivity contribution in [2.75, 3.05) is 19.7 Å². The Morgan fingerprint density at radius 1 is 1.15 bits per heavy atom. The van der Waals surface area contributed by atoms with Gasteiger partial charge in [-0.05, 0) is 29.8 Å². The molecule has 1 saturated heterocycles. The summed E-state index contributed by atoms with van der Waals surface area (Å²) in [5, 5.41) is 0. The van der Waals surface area contributed by atoms with E-state index in [0.717, 1.165) is 5.56 Å². The molecule has 0 aliphatic carbocycles. The van der Waals surface area contributed by atoms with Crippen molar-refractivity contribution >= 4 is 16.0 Å². The van der Waals surface area contributed by atoms with E-state index in [0.29, 0.717) is 13.1 Å². The summed E-state index contributed by atoms with van der Waals surface area (Å²) in [6, 6.07) is 14.6. The van der Waals surface area contributed by atoms with Crippen LogP contribution in [0.5, 0.6) is 5.75 Å². The van der Waals surface area contributed by atoms with Crippen molar-refractivity contribution in [1.29, 1.82) is 0 Å². The van der Waals surface area contributed by atoms with Gasteiger partial charge in [0.2, 0.25) is 5.91 Å². The van der Waals surface area contributed by atoms with Gasteiger partial charge in [0.15, 0.2) is 0 Å². The highest BCUT2D eigenvalue weighted by atomic mass is 32.2. The van der Waals surface area contributed by atoms with Crippen LogP contribution in [0.4, 0.5) is 0 Å². The van der Waals surface area contributed by atoms with Crippen molar-refractivity contribution in [3.05, 3.63) is 72.8 Å². The molecule has 0 spiro atoms. The maximum absolute atomic E-state index is 12.2. The minimum atomic E-state index is -3.87. The predicted octanol–water partition coefficient (Wildman–Crippen LogP) is 2.54. The van der Waals surface area contributed by atoms with Gasteiger partial charge in [0, 0.05) is 6.54 Å². The normalized spacial score (nSPS) is 17.8. The van der Waals surface area contributed by atoms with E-state index < -0.39 is 10.1 Å². The third-order valence-corrected chi connectivity index (χ3v) is 5.25. The van der Waals surface area contributed by atoms with Gasteiger partial charge in [-0.25, -0.2) is 0 Å². The van der Waals surface area contributed by atoms with E-state index >= 15 is 0 Å². The zero-order chi connectivity index (χ0) is 18.6. The summed E-state index contributed by atoms with van der Waals surface area (Å²) in [5.41, 5.74) is 0.844. The van der Waals surface area contributed by atoms with Crippen LogP contribution in [0.15, 0.2) is 72.1 Å². The van der Waals surface area contributed by atoms with Crippen molar-refractivity contribution in [1.82, 2.24) is 4.90 Å². The summed E-state index contributed by atoms with van der Waals surface area (Å²) >= 11 is 0. The van der Waals surface area contributed by atoms with Crippen molar-refractivity contribution in [3.63, 3.8) is 0 Å². The van der Waals surface area contributed by atoms with Crippen LogP contribution < -0.4 is 4.18 Å². The SMILES string of the molecule is C=CCN1C[C@H](c2ccc(OS(=O)(=O)c3ccccc3)cc2)OCC1=O. The van der Waals surface area contributed by atoms with Crippen LogP contribution in [0.2, 0.25) is 0 Å². The minimum Gasteiger partial charge on any atom is -0.379 e. The van der Waals surface area contributed by atoms with E-state index in [1.807, 2.05) is 0 Å². The molecule has 0 radical (unpaired) electrons. The lowest BCUT2D eigenvalue weighted by Gasteiger charge is -2.32. The molecule has 1 fully saturated rings. The van der Waals surface area contributed by atoms with Gasteiger partial charge in [0.25, 0.3) is 0 Å². The largest absolute Gasteiger partial charge is 0.379 e. The van der Waals surface area contributed by atoms with Crippen molar-refractivity contribution in [3.8, 4) is 5.75 Å². The van der Waals surface area contributed by atoms with E-state index in [4.69, 9.17) is 8.92 Å². The van der Waals surface area contributed by atoms with Gasteiger partial charge in [-0.2, -0.15) is 8.42 Å². The Labute approximate surface area is 152 Å². The van der Waals surface area contributed by atoms with Crippen LogP contribution in [-0.4, -0.2) is 38.9 Å². The second kappa shape index (κ2) is 7.72. The first-order valence-corrected chi connectivity index (χ1v) is 9.50. The molecule has 0 bridgehead atoms. The minimum absolute atomic E-state index is 0.0130. The molecule has 0 saturated carbocycles. The summed E-state index contributed by atoms with van der Waals surface area (Å²) in [5.74, 6) is 0.141. The molecule has 1 aliphatic rings. The Balaban J connectivity index is 1.71. The molecule has 2 aromatic carbocycles. The molecular formula is C19H19NO5S. The maximum Gasteiger partial charge on any atom is 0.339 e. The van der Waals surface area contributed by atoms with Gasteiger partial charge < -0.3 is 13.8 Å². The molecule has 1 amide bonds. The van der Waals surface area contributed by atoms with Crippen molar-refractivity contribution < 1.29 is 22.1 Å². The highest BCUT2D eigenvalue weighted by Gasteiger charge is 2.26. The molecule has 2 aromatic rings. The Kier molecular flexibility index (Phi) is 5.39. The first-order valence-electron chi connectivity index (χ1n) is 8.09. The highest BCUT2D eigenvalue weighted by Crippen LogP contribution is 2.26. The second-order valence-corrected chi connectivity index (χ2v) is 7.35.